The first kappa shape index (κ1) is 20.9. The van der Waals surface area contributed by atoms with Gasteiger partial charge in [-0.3, -0.25) is 9.69 Å². The topological polar surface area (TPSA) is 58.4 Å². The highest BCUT2D eigenvalue weighted by Gasteiger charge is 2.26. The van der Waals surface area contributed by atoms with E-state index in [-0.39, 0.29) is 18.3 Å². The summed E-state index contributed by atoms with van der Waals surface area (Å²) in [6, 6.07) is 8.55. The Bertz CT molecular complexity index is 496. The lowest BCUT2D eigenvalue weighted by Crippen LogP contribution is -2.51. The van der Waals surface area contributed by atoms with Crippen molar-refractivity contribution in [3.8, 4) is 0 Å². The van der Waals surface area contributed by atoms with Gasteiger partial charge in [-0.25, -0.2) is 0 Å². The number of carbonyl (C=O) groups is 1. The Morgan fingerprint density at radius 1 is 1.17 bits per heavy atom. The smallest absolute Gasteiger partial charge is 0.240 e. The molecule has 0 aliphatic carbocycles. The van der Waals surface area contributed by atoms with Crippen LogP contribution in [0.5, 0.6) is 0 Å². The molecule has 0 saturated carbocycles. The van der Waals surface area contributed by atoms with Crippen molar-refractivity contribution in [2.45, 2.75) is 64.6 Å². The second-order valence-corrected chi connectivity index (χ2v) is 7.00. The molecule has 1 unspecified atom stereocenters. The number of nitrogens with one attached hydrogen (secondary N) is 1. The maximum Gasteiger partial charge on any atom is 0.240 e. The lowest BCUT2D eigenvalue weighted by Gasteiger charge is -2.26. The molecule has 1 aromatic carbocycles. The molecule has 136 valence electrons. The molecule has 1 aliphatic heterocycles. The van der Waals surface area contributed by atoms with Crippen LogP contribution in [0.25, 0.3) is 0 Å². The summed E-state index contributed by atoms with van der Waals surface area (Å²) in [6.07, 6.45) is 5.62. The quantitative estimate of drug-likeness (QED) is 0.791. The second-order valence-electron chi connectivity index (χ2n) is 7.00. The molecule has 3 N–H and O–H groups in total. The Hall–Kier alpha value is -1.10. The van der Waals surface area contributed by atoms with Gasteiger partial charge in [0, 0.05) is 13.1 Å². The van der Waals surface area contributed by atoms with Crippen molar-refractivity contribution in [2.75, 3.05) is 13.1 Å². The Morgan fingerprint density at radius 2 is 1.75 bits per heavy atom. The zero-order valence-electron chi connectivity index (χ0n) is 15.0. The van der Waals surface area contributed by atoms with Crippen LogP contribution in [0.4, 0.5) is 0 Å². The van der Waals surface area contributed by atoms with Gasteiger partial charge >= 0.3 is 0 Å². The van der Waals surface area contributed by atoms with Crippen LogP contribution in [-0.4, -0.2) is 29.4 Å². The van der Waals surface area contributed by atoms with Crippen LogP contribution >= 0.6 is 12.4 Å². The number of hydrogen-bond donors (Lipinski definition) is 2. The van der Waals surface area contributed by atoms with Gasteiger partial charge in [-0.1, -0.05) is 44.0 Å². The highest BCUT2D eigenvalue weighted by atomic mass is 35.5. The molecule has 4 nitrogen and oxygen atoms in total. The minimum Gasteiger partial charge on any atom is -0.350 e. The molecular formula is C19H32ClN3O. The number of amides is 1. The van der Waals surface area contributed by atoms with Crippen LogP contribution in [0.1, 0.15) is 57.1 Å². The van der Waals surface area contributed by atoms with Gasteiger partial charge in [-0.05, 0) is 50.4 Å². The monoisotopic (exact) mass is 353 g/mol. The van der Waals surface area contributed by atoms with E-state index in [2.05, 4.69) is 34.5 Å². The lowest BCUT2D eigenvalue weighted by molar-refractivity contribution is -0.126. The maximum atomic E-state index is 12.1. The first-order valence-corrected chi connectivity index (χ1v) is 8.88. The van der Waals surface area contributed by atoms with Crippen LogP contribution in [0.3, 0.4) is 0 Å². The molecule has 0 aromatic heterocycles. The predicted octanol–water partition coefficient (Wildman–Crippen LogP) is 3.23. The molecule has 1 saturated heterocycles. The van der Waals surface area contributed by atoms with E-state index in [1.165, 1.54) is 37.9 Å². The van der Waals surface area contributed by atoms with Gasteiger partial charge in [0.25, 0.3) is 0 Å². The minimum absolute atomic E-state index is 0. The molecule has 5 heteroatoms. The predicted molar refractivity (Wildman–Crippen MR) is 102 cm³/mol. The molecule has 24 heavy (non-hydrogen) atoms. The Balaban J connectivity index is 0.00000288. The molecule has 1 atom stereocenters. The van der Waals surface area contributed by atoms with E-state index in [1.54, 1.807) is 6.92 Å². The fourth-order valence-corrected chi connectivity index (χ4v) is 3.16. The second kappa shape index (κ2) is 10.0. The van der Waals surface area contributed by atoms with Crippen molar-refractivity contribution < 1.29 is 4.79 Å². The van der Waals surface area contributed by atoms with Crippen LogP contribution in [-0.2, 0) is 17.9 Å². The maximum absolute atomic E-state index is 12.1. The normalized spacial score (nSPS) is 17.6. The van der Waals surface area contributed by atoms with Gasteiger partial charge in [0.15, 0.2) is 0 Å². The van der Waals surface area contributed by atoms with Crippen LogP contribution < -0.4 is 11.1 Å². The molecule has 2 rings (SSSR count). The number of halogens is 1. The van der Waals surface area contributed by atoms with Gasteiger partial charge in [-0.15, -0.1) is 12.4 Å². The molecule has 1 amide bonds. The molecule has 0 bridgehead atoms. The van der Waals surface area contributed by atoms with E-state index in [4.69, 9.17) is 5.73 Å². The molecule has 1 fully saturated rings. The number of carbonyl (C=O) groups excluding carboxylic acids is 1. The van der Waals surface area contributed by atoms with E-state index in [9.17, 15) is 4.79 Å². The number of hydrogen-bond acceptors (Lipinski definition) is 3. The van der Waals surface area contributed by atoms with Crippen molar-refractivity contribution in [3.63, 3.8) is 0 Å². The summed E-state index contributed by atoms with van der Waals surface area (Å²) in [5, 5.41) is 2.95. The van der Waals surface area contributed by atoms with Crippen molar-refractivity contribution >= 4 is 18.3 Å². The highest BCUT2D eigenvalue weighted by molar-refractivity contribution is 5.85. The number of nitrogens with two attached hydrogens (primary N) is 1. The average Bonchev–Trinajstić information content (AvgIpc) is 2.55. The van der Waals surface area contributed by atoms with E-state index in [0.29, 0.717) is 13.0 Å². The Labute approximate surface area is 152 Å². The summed E-state index contributed by atoms with van der Waals surface area (Å²) < 4.78 is 0. The van der Waals surface area contributed by atoms with E-state index < -0.39 is 5.54 Å². The van der Waals surface area contributed by atoms with Gasteiger partial charge in [0.2, 0.25) is 5.91 Å². The summed E-state index contributed by atoms with van der Waals surface area (Å²) in [6.45, 7) is 7.84. The van der Waals surface area contributed by atoms with Gasteiger partial charge < -0.3 is 11.1 Å². The molecular weight excluding hydrogens is 322 g/mol. The van der Waals surface area contributed by atoms with Crippen LogP contribution in [0, 0.1) is 0 Å². The van der Waals surface area contributed by atoms with Gasteiger partial charge in [-0.2, -0.15) is 0 Å². The van der Waals surface area contributed by atoms with E-state index in [1.807, 2.05) is 6.92 Å². The fraction of sp³-hybridized carbons (Fsp3) is 0.632. The van der Waals surface area contributed by atoms with Crippen molar-refractivity contribution in [2.24, 2.45) is 5.73 Å². The Morgan fingerprint density at radius 3 is 2.33 bits per heavy atom. The van der Waals surface area contributed by atoms with Crippen molar-refractivity contribution in [1.82, 2.24) is 10.2 Å². The first-order valence-electron chi connectivity index (χ1n) is 8.88. The largest absolute Gasteiger partial charge is 0.350 e. The third-order valence-electron chi connectivity index (χ3n) is 4.62. The molecule has 1 aromatic rings. The summed E-state index contributed by atoms with van der Waals surface area (Å²) in [5.41, 5.74) is 7.73. The summed E-state index contributed by atoms with van der Waals surface area (Å²) in [5.74, 6) is -0.0725. The van der Waals surface area contributed by atoms with Crippen LogP contribution in [0.15, 0.2) is 24.3 Å². The standard InChI is InChI=1S/C19H31N3O.ClH/c1-3-11-19(2,20)18(23)21-14-16-7-9-17(10-8-16)15-22-12-5-4-6-13-22;/h7-10H,3-6,11-15,20H2,1-2H3,(H,21,23);1H. The highest BCUT2D eigenvalue weighted by Crippen LogP contribution is 2.14. The molecule has 0 radical (unpaired) electrons. The van der Waals surface area contributed by atoms with E-state index >= 15 is 0 Å². The zero-order valence-corrected chi connectivity index (χ0v) is 15.8. The average molecular weight is 354 g/mol. The number of rotatable bonds is 7. The fourth-order valence-electron chi connectivity index (χ4n) is 3.16. The molecule has 1 heterocycles. The van der Waals surface area contributed by atoms with Gasteiger partial charge in [0.1, 0.15) is 0 Å². The number of nitrogens with zero attached hydrogens (tertiary/aromatic N) is 1. The number of likely N-dealkylation sites (tertiary alicyclic amines) is 1. The van der Waals surface area contributed by atoms with Crippen LogP contribution in [0.2, 0.25) is 0 Å². The summed E-state index contributed by atoms with van der Waals surface area (Å²) >= 11 is 0. The molecule has 0 spiro atoms. The third kappa shape index (κ3) is 6.42. The third-order valence-corrected chi connectivity index (χ3v) is 4.62. The Kier molecular flexibility index (Phi) is 8.74. The minimum atomic E-state index is -0.775. The zero-order chi connectivity index (χ0) is 16.7. The van der Waals surface area contributed by atoms with E-state index in [0.717, 1.165) is 18.5 Å². The van der Waals surface area contributed by atoms with Crippen molar-refractivity contribution in [1.29, 1.82) is 0 Å². The van der Waals surface area contributed by atoms with Crippen molar-refractivity contribution in [3.05, 3.63) is 35.4 Å². The SMILES string of the molecule is CCCC(C)(N)C(=O)NCc1ccc(CN2CCCCC2)cc1.Cl. The summed E-state index contributed by atoms with van der Waals surface area (Å²) in [4.78, 5) is 14.6. The van der Waals surface area contributed by atoms with Gasteiger partial charge in [0.05, 0.1) is 5.54 Å². The number of piperidine rings is 1. The molecule has 1 aliphatic rings. The summed E-state index contributed by atoms with van der Waals surface area (Å²) in [7, 11) is 0. The number of benzene rings is 1. The first-order chi connectivity index (χ1) is 11.0. The lowest BCUT2D eigenvalue weighted by atomic mass is 9.96.